The molecule has 2 aromatic rings. The summed E-state index contributed by atoms with van der Waals surface area (Å²) in [4.78, 5) is 14.9. The van der Waals surface area contributed by atoms with Crippen LogP contribution in [0, 0.1) is 0 Å². The van der Waals surface area contributed by atoms with Crippen LogP contribution in [0.3, 0.4) is 0 Å². The number of hydrogen-bond acceptors (Lipinski definition) is 5. The maximum Gasteiger partial charge on any atom is 0.176 e. The number of ether oxygens (including phenoxy) is 1. The molecule has 0 bridgehead atoms. The second-order valence-corrected chi connectivity index (χ2v) is 7.61. The first-order valence-electron chi connectivity index (χ1n) is 10.6. The third-order valence-electron chi connectivity index (χ3n) is 5.45. The first-order valence-corrected chi connectivity index (χ1v) is 10.6. The normalized spacial score (nSPS) is 14.7. The number of piperidine rings is 1. The van der Waals surface area contributed by atoms with Crippen molar-refractivity contribution in [3.8, 4) is 5.75 Å². The molecule has 0 atom stereocenters. The summed E-state index contributed by atoms with van der Waals surface area (Å²) in [7, 11) is 1.69. The van der Waals surface area contributed by atoms with Crippen LogP contribution < -0.4 is 15.4 Å². The number of nitrogens with one attached hydrogen (secondary N) is 2. The van der Waals surface area contributed by atoms with Crippen molar-refractivity contribution in [2.24, 2.45) is 0 Å². The summed E-state index contributed by atoms with van der Waals surface area (Å²) in [5.74, 6) is 1.05. The summed E-state index contributed by atoms with van der Waals surface area (Å²) in [6.45, 7) is 6.19. The summed E-state index contributed by atoms with van der Waals surface area (Å²) in [6.07, 6.45) is 3.96. The van der Waals surface area contributed by atoms with Gasteiger partial charge in [-0.2, -0.15) is 0 Å². The number of rotatable bonds is 11. The van der Waals surface area contributed by atoms with Gasteiger partial charge in [-0.1, -0.05) is 48.9 Å². The van der Waals surface area contributed by atoms with E-state index in [1.54, 1.807) is 7.11 Å². The first-order chi connectivity index (χ1) is 14.3. The lowest BCUT2D eigenvalue weighted by molar-refractivity contribution is 0.0989. The van der Waals surface area contributed by atoms with Crippen LogP contribution in [0.1, 0.15) is 40.7 Å². The zero-order valence-corrected chi connectivity index (χ0v) is 17.5. The molecule has 1 saturated heterocycles. The fourth-order valence-corrected chi connectivity index (χ4v) is 3.72. The molecule has 0 spiro atoms. The molecule has 2 N–H and O–H groups in total. The maximum absolute atomic E-state index is 12.4. The lowest BCUT2D eigenvalue weighted by atomic mass is 10.1. The highest BCUT2D eigenvalue weighted by Crippen LogP contribution is 2.17. The Balaban J connectivity index is 1.37. The lowest BCUT2D eigenvalue weighted by Crippen LogP contribution is -2.37. The molecule has 5 nitrogen and oxygen atoms in total. The van der Waals surface area contributed by atoms with Crippen molar-refractivity contribution in [1.29, 1.82) is 0 Å². The Morgan fingerprint density at radius 3 is 2.48 bits per heavy atom. The minimum Gasteiger partial charge on any atom is -0.496 e. The number of benzene rings is 2. The van der Waals surface area contributed by atoms with E-state index in [0.717, 1.165) is 48.6 Å². The van der Waals surface area contributed by atoms with Crippen LogP contribution in [0.25, 0.3) is 0 Å². The van der Waals surface area contributed by atoms with Gasteiger partial charge < -0.3 is 20.3 Å². The standard InChI is InChI=1S/C24H33N3O2/c1-29-24-8-4-3-7-22(24)18-26-17-20-9-11-21(12-10-20)23(28)19-25-13-16-27-14-5-2-6-15-27/h3-4,7-12,25-26H,2,5-6,13-19H2,1H3. The Kier molecular flexibility index (Phi) is 8.68. The van der Waals surface area contributed by atoms with Gasteiger partial charge in [0.25, 0.3) is 0 Å². The minimum atomic E-state index is 0.150. The van der Waals surface area contributed by atoms with Crippen molar-refractivity contribution in [1.82, 2.24) is 15.5 Å². The van der Waals surface area contributed by atoms with E-state index in [1.165, 1.54) is 32.4 Å². The predicted molar refractivity (Wildman–Crippen MR) is 117 cm³/mol. The van der Waals surface area contributed by atoms with E-state index in [0.29, 0.717) is 6.54 Å². The van der Waals surface area contributed by atoms with Gasteiger partial charge in [-0.05, 0) is 37.6 Å². The molecule has 0 aliphatic carbocycles. The van der Waals surface area contributed by atoms with Gasteiger partial charge in [-0.15, -0.1) is 0 Å². The van der Waals surface area contributed by atoms with E-state index in [1.807, 2.05) is 42.5 Å². The van der Waals surface area contributed by atoms with Crippen molar-refractivity contribution in [2.45, 2.75) is 32.4 Å². The Labute approximate surface area is 174 Å². The molecule has 1 fully saturated rings. The fourth-order valence-electron chi connectivity index (χ4n) is 3.72. The quantitative estimate of drug-likeness (QED) is 0.452. The summed E-state index contributed by atoms with van der Waals surface area (Å²) in [5, 5.41) is 6.73. The first kappa shape index (κ1) is 21.5. The molecule has 0 amide bonds. The van der Waals surface area contributed by atoms with Crippen molar-refractivity contribution in [3.63, 3.8) is 0 Å². The molecule has 1 heterocycles. The van der Waals surface area contributed by atoms with Gasteiger partial charge in [0.15, 0.2) is 5.78 Å². The van der Waals surface area contributed by atoms with E-state index in [-0.39, 0.29) is 5.78 Å². The lowest BCUT2D eigenvalue weighted by Gasteiger charge is -2.26. The molecule has 29 heavy (non-hydrogen) atoms. The van der Waals surface area contributed by atoms with Gasteiger partial charge in [0.2, 0.25) is 0 Å². The third kappa shape index (κ3) is 6.96. The Hall–Kier alpha value is -2.21. The zero-order chi connectivity index (χ0) is 20.3. The maximum atomic E-state index is 12.4. The van der Waals surface area contributed by atoms with Crippen molar-refractivity contribution in [2.75, 3.05) is 39.8 Å². The Bertz CT molecular complexity index is 755. The average molecular weight is 396 g/mol. The molecule has 2 aromatic carbocycles. The molecular weight excluding hydrogens is 362 g/mol. The summed E-state index contributed by atoms with van der Waals surface area (Å²) in [6, 6.07) is 15.9. The van der Waals surface area contributed by atoms with Crippen LogP contribution in [0.5, 0.6) is 5.75 Å². The topological polar surface area (TPSA) is 53.6 Å². The number of Topliss-reactive ketones (excluding diaryl/α,β-unsaturated/α-hetero) is 1. The van der Waals surface area contributed by atoms with Gasteiger partial charge in [0, 0.05) is 37.3 Å². The van der Waals surface area contributed by atoms with Crippen molar-refractivity contribution in [3.05, 3.63) is 65.2 Å². The molecule has 0 radical (unpaired) electrons. The van der Waals surface area contributed by atoms with Crippen LogP contribution in [0.2, 0.25) is 0 Å². The highest BCUT2D eigenvalue weighted by Gasteiger charge is 2.10. The number of hydrogen-bond donors (Lipinski definition) is 2. The molecule has 156 valence electrons. The molecular formula is C24H33N3O2. The molecule has 5 heteroatoms. The second-order valence-electron chi connectivity index (χ2n) is 7.61. The predicted octanol–water partition coefficient (Wildman–Crippen LogP) is 3.24. The number of likely N-dealkylation sites (tertiary alicyclic amines) is 1. The summed E-state index contributed by atoms with van der Waals surface area (Å²) in [5.41, 5.74) is 3.07. The smallest absolute Gasteiger partial charge is 0.176 e. The van der Waals surface area contributed by atoms with E-state index in [9.17, 15) is 4.79 Å². The third-order valence-corrected chi connectivity index (χ3v) is 5.45. The number of para-hydroxylation sites is 1. The van der Waals surface area contributed by atoms with Crippen LogP contribution in [0.15, 0.2) is 48.5 Å². The zero-order valence-electron chi connectivity index (χ0n) is 17.5. The monoisotopic (exact) mass is 395 g/mol. The molecule has 1 aliphatic rings. The van der Waals surface area contributed by atoms with Crippen LogP contribution >= 0.6 is 0 Å². The van der Waals surface area contributed by atoms with Crippen molar-refractivity contribution >= 4 is 5.78 Å². The number of carbonyl (C=O) groups excluding carboxylic acids is 1. The Morgan fingerprint density at radius 1 is 0.966 bits per heavy atom. The van der Waals surface area contributed by atoms with Gasteiger partial charge in [0.1, 0.15) is 5.75 Å². The van der Waals surface area contributed by atoms with Gasteiger partial charge >= 0.3 is 0 Å². The molecule has 0 unspecified atom stereocenters. The van der Waals surface area contributed by atoms with E-state index in [2.05, 4.69) is 21.6 Å². The van der Waals surface area contributed by atoms with E-state index >= 15 is 0 Å². The van der Waals surface area contributed by atoms with Gasteiger partial charge in [-0.3, -0.25) is 4.79 Å². The van der Waals surface area contributed by atoms with Crippen LogP contribution in [-0.2, 0) is 13.1 Å². The Morgan fingerprint density at radius 2 is 1.72 bits per heavy atom. The van der Waals surface area contributed by atoms with Gasteiger partial charge in [0.05, 0.1) is 13.7 Å². The summed E-state index contributed by atoms with van der Waals surface area (Å²) >= 11 is 0. The van der Waals surface area contributed by atoms with E-state index in [4.69, 9.17) is 4.74 Å². The molecule has 3 rings (SSSR count). The minimum absolute atomic E-state index is 0.150. The molecule has 0 saturated carbocycles. The molecule has 1 aliphatic heterocycles. The van der Waals surface area contributed by atoms with Gasteiger partial charge in [-0.25, -0.2) is 0 Å². The van der Waals surface area contributed by atoms with E-state index < -0.39 is 0 Å². The highest BCUT2D eigenvalue weighted by molar-refractivity contribution is 5.97. The van der Waals surface area contributed by atoms with Crippen LogP contribution in [-0.4, -0.2) is 50.5 Å². The summed E-state index contributed by atoms with van der Waals surface area (Å²) < 4.78 is 5.38. The molecule has 0 aromatic heterocycles. The fraction of sp³-hybridized carbons (Fsp3) is 0.458. The largest absolute Gasteiger partial charge is 0.496 e. The highest BCUT2D eigenvalue weighted by atomic mass is 16.5. The van der Waals surface area contributed by atoms with Crippen molar-refractivity contribution < 1.29 is 9.53 Å². The van der Waals surface area contributed by atoms with Crippen LogP contribution in [0.4, 0.5) is 0 Å². The number of nitrogens with zero attached hydrogens (tertiary/aromatic N) is 1. The number of ketones is 1. The average Bonchev–Trinajstić information content (AvgIpc) is 2.78. The SMILES string of the molecule is COc1ccccc1CNCc1ccc(C(=O)CNCCN2CCCCC2)cc1. The number of methoxy groups -OCH3 is 1. The second kappa shape index (κ2) is 11.7. The number of carbonyl (C=O) groups is 1.